The van der Waals surface area contributed by atoms with Gasteiger partial charge in [0.1, 0.15) is 0 Å². The summed E-state index contributed by atoms with van der Waals surface area (Å²) in [6, 6.07) is 10.6. The maximum atomic E-state index is 12.9. The van der Waals surface area contributed by atoms with Gasteiger partial charge in [0.2, 0.25) is 5.91 Å². The standard InChI is InChI=1S/C22H33NO2/c1-19(24)13-7-3-2-4-12-18-22(25)23(20-14-8-5-9-15-20)21-16-10-6-11-17-21/h5,8-9,14-15,21,24H,1-4,6-7,10-13,16-18H2. The molecule has 1 aromatic rings. The Morgan fingerprint density at radius 1 is 0.960 bits per heavy atom. The maximum Gasteiger partial charge on any atom is 0.227 e. The molecule has 3 nitrogen and oxygen atoms in total. The Morgan fingerprint density at radius 3 is 2.20 bits per heavy atom. The zero-order chi connectivity index (χ0) is 17.9. The van der Waals surface area contributed by atoms with E-state index in [1.54, 1.807) is 0 Å². The van der Waals surface area contributed by atoms with Crippen LogP contribution in [-0.4, -0.2) is 17.1 Å². The highest BCUT2D eigenvalue weighted by atomic mass is 16.3. The van der Waals surface area contributed by atoms with Crippen LogP contribution in [0.4, 0.5) is 5.69 Å². The number of carbonyl (C=O) groups excluding carboxylic acids is 1. The summed E-state index contributed by atoms with van der Waals surface area (Å²) >= 11 is 0. The van der Waals surface area contributed by atoms with Crippen LogP contribution in [-0.2, 0) is 4.79 Å². The van der Waals surface area contributed by atoms with Crippen molar-refractivity contribution in [3.8, 4) is 0 Å². The second-order valence-electron chi connectivity index (χ2n) is 7.23. The summed E-state index contributed by atoms with van der Waals surface area (Å²) in [6.07, 6.45) is 12.6. The molecule has 0 atom stereocenters. The number of allylic oxidation sites excluding steroid dienone is 1. The first kappa shape index (κ1) is 19.6. The van der Waals surface area contributed by atoms with Crippen molar-refractivity contribution in [3.63, 3.8) is 0 Å². The molecule has 0 aliphatic heterocycles. The number of aliphatic hydroxyl groups excluding tert-OH is 1. The molecule has 0 heterocycles. The lowest BCUT2D eigenvalue weighted by Gasteiger charge is -2.34. The van der Waals surface area contributed by atoms with Crippen LogP contribution in [0.25, 0.3) is 0 Å². The van der Waals surface area contributed by atoms with E-state index >= 15 is 0 Å². The van der Waals surface area contributed by atoms with Gasteiger partial charge >= 0.3 is 0 Å². The van der Waals surface area contributed by atoms with Crippen LogP contribution in [0, 0.1) is 0 Å². The van der Waals surface area contributed by atoms with Gasteiger partial charge < -0.3 is 10.0 Å². The number of para-hydroxylation sites is 1. The van der Waals surface area contributed by atoms with E-state index in [0.717, 1.165) is 50.6 Å². The van der Waals surface area contributed by atoms with Crippen LogP contribution < -0.4 is 4.90 Å². The Labute approximate surface area is 152 Å². The van der Waals surface area contributed by atoms with Crippen LogP contribution in [0.3, 0.4) is 0 Å². The number of benzene rings is 1. The fourth-order valence-electron chi connectivity index (χ4n) is 3.74. The molecule has 1 aliphatic rings. The van der Waals surface area contributed by atoms with E-state index in [1.807, 2.05) is 18.2 Å². The summed E-state index contributed by atoms with van der Waals surface area (Å²) in [5, 5.41) is 9.08. The molecule has 138 valence electrons. The number of anilines is 1. The van der Waals surface area contributed by atoms with Crippen LogP contribution in [0.1, 0.15) is 77.0 Å². The molecule has 1 aromatic carbocycles. The number of hydrogen-bond donors (Lipinski definition) is 1. The molecule has 3 heteroatoms. The third-order valence-electron chi connectivity index (χ3n) is 5.10. The third kappa shape index (κ3) is 6.93. The highest BCUT2D eigenvalue weighted by Crippen LogP contribution is 2.28. The van der Waals surface area contributed by atoms with Crippen molar-refractivity contribution in [2.24, 2.45) is 0 Å². The number of unbranched alkanes of at least 4 members (excludes halogenated alkanes) is 4. The van der Waals surface area contributed by atoms with Gasteiger partial charge in [0, 0.05) is 24.6 Å². The highest BCUT2D eigenvalue weighted by molar-refractivity contribution is 5.93. The predicted octanol–water partition coefficient (Wildman–Crippen LogP) is 6.15. The third-order valence-corrected chi connectivity index (χ3v) is 5.10. The molecule has 0 bridgehead atoms. The monoisotopic (exact) mass is 343 g/mol. The van der Waals surface area contributed by atoms with Gasteiger partial charge in [0.25, 0.3) is 0 Å². The molecule has 1 N–H and O–H groups in total. The molecule has 1 fully saturated rings. The molecule has 1 amide bonds. The zero-order valence-corrected chi connectivity index (χ0v) is 15.5. The Bertz CT molecular complexity index is 520. The molecule has 0 unspecified atom stereocenters. The van der Waals surface area contributed by atoms with Gasteiger partial charge in [-0.3, -0.25) is 4.79 Å². The molecule has 2 rings (SSSR count). The maximum absolute atomic E-state index is 12.9. The number of amides is 1. The molecule has 0 saturated heterocycles. The average Bonchev–Trinajstić information content (AvgIpc) is 2.63. The lowest BCUT2D eigenvalue weighted by molar-refractivity contribution is -0.119. The first-order chi connectivity index (χ1) is 12.2. The summed E-state index contributed by atoms with van der Waals surface area (Å²) in [5.74, 6) is 0.558. The number of aliphatic hydroxyl groups is 1. The lowest BCUT2D eigenvalue weighted by atomic mass is 9.93. The van der Waals surface area contributed by atoms with Crippen molar-refractivity contribution < 1.29 is 9.90 Å². The topological polar surface area (TPSA) is 40.5 Å². The first-order valence-corrected chi connectivity index (χ1v) is 9.92. The van der Waals surface area contributed by atoms with E-state index in [9.17, 15) is 4.79 Å². The minimum absolute atomic E-state index is 0.279. The summed E-state index contributed by atoms with van der Waals surface area (Å²) < 4.78 is 0. The van der Waals surface area contributed by atoms with Crippen LogP contribution in [0.5, 0.6) is 0 Å². The Hall–Kier alpha value is -1.77. The van der Waals surface area contributed by atoms with Crippen molar-refractivity contribution in [1.82, 2.24) is 0 Å². The second kappa shape index (κ2) is 11.0. The van der Waals surface area contributed by atoms with Gasteiger partial charge in [-0.05, 0) is 37.8 Å². The van der Waals surface area contributed by atoms with Crippen LogP contribution in [0.15, 0.2) is 42.7 Å². The first-order valence-electron chi connectivity index (χ1n) is 9.92. The summed E-state index contributed by atoms with van der Waals surface area (Å²) in [4.78, 5) is 15.0. The SMILES string of the molecule is C=C(O)CCCCCCCC(=O)N(c1ccccc1)C1CCCCC1. The van der Waals surface area contributed by atoms with E-state index < -0.39 is 0 Å². The number of nitrogens with zero attached hydrogens (tertiary/aromatic N) is 1. The van der Waals surface area contributed by atoms with Crippen LogP contribution >= 0.6 is 0 Å². The number of carbonyl (C=O) groups is 1. The summed E-state index contributed by atoms with van der Waals surface area (Å²) in [6.45, 7) is 3.51. The van der Waals surface area contributed by atoms with Gasteiger partial charge in [-0.1, -0.05) is 63.3 Å². The average molecular weight is 344 g/mol. The van der Waals surface area contributed by atoms with Gasteiger partial charge in [-0.15, -0.1) is 0 Å². The predicted molar refractivity (Wildman–Crippen MR) is 105 cm³/mol. The highest BCUT2D eigenvalue weighted by Gasteiger charge is 2.26. The van der Waals surface area contributed by atoms with E-state index in [2.05, 4.69) is 23.6 Å². The van der Waals surface area contributed by atoms with Gasteiger partial charge in [0.15, 0.2) is 0 Å². The Morgan fingerprint density at radius 2 is 1.56 bits per heavy atom. The van der Waals surface area contributed by atoms with Gasteiger partial charge in [-0.25, -0.2) is 0 Å². The summed E-state index contributed by atoms with van der Waals surface area (Å²) in [5.41, 5.74) is 1.06. The van der Waals surface area contributed by atoms with Crippen molar-refractivity contribution in [2.75, 3.05) is 4.90 Å². The van der Waals surface area contributed by atoms with Crippen molar-refractivity contribution in [3.05, 3.63) is 42.7 Å². The quantitative estimate of drug-likeness (QED) is 0.408. The van der Waals surface area contributed by atoms with Crippen molar-refractivity contribution >= 4 is 11.6 Å². The Balaban J connectivity index is 1.81. The lowest BCUT2D eigenvalue weighted by Crippen LogP contribution is -2.41. The zero-order valence-electron chi connectivity index (χ0n) is 15.5. The van der Waals surface area contributed by atoms with Crippen molar-refractivity contribution in [2.45, 2.75) is 83.1 Å². The smallest absolute Gasteiger partial charge is 0.227 e. The molecule has 1 aliphatic carbocycles. The summed E-state index contributed by atoms with van der Waals surface area (Å²) in [7, 11) is 0. The van der Waals surface area contributed by atoms with Gasteiger partial charge in [-0.2, -0.15) is 0 Å². The Kier molecular flexibility index (Phi) is 8.58. The van der Waals surface area contributed by atoms with Gasteiger partial charge in [0.05, 0.1) is 5.76 Å². The molecule has 0 spiro atoms. The minimum atomic E-state index is 0.279. The molecular formula is C22H33NO2. The molecular weight excluding hydrogens is 310 g/mol. The largest absolute Gasteiger partial charge is 0.513 e. The molecule has 25 heavy (non-hydrogen) atoms. The molecule has 0 radical (unpaired) electrons. The molecule has 0 aromatic heterocycles. The van der Waals surface area contributed by atoms with E-state index in [1.165, 1.54) is 19.3 Å². The second-order valence-corrected chi connectivity index (χ2v) is 7.23. The molecule has 1 saturated carbocycles. The fraction of sp³-hybridized carbons (Fsp3) is 0.591. The minimum Gasteiger partial charge on any atom is -0.513 e. The number of rotatable bonds is 10. The van der Waals surface area contributed by atoms with Crippen molar-refractivity contribution in [1.29, 1.82) is 0 Å². The van der Waals surface area contributed by atoms with E-state index in [0.29, 0.717) is 18.9 Å². The van der Waals surface area contributed by atoms with E-state index in [-0.39, 0.29) is 11.7 Å². The fourth-order valence-corrected chi connectivity index (χ4v) is 3.74. The number of hydrogen-bond acceptors (Lipinski definition) is 2. The normalized spacial score (nSPS) is 15.0. The van der Waals surface area contributed by atoms with E-state index in [4.69, 9.17) is 5.11 Å². The van der Waals surface area contributed by atoms with Crippen LogP contribution in [0.2, 0.25) is 0 Å².